The zero-order chi connectivity index (χ0) is 22.5. The number of nitrogens with zero attached hydrogens (tertiary/aromatic N) is 4. The van der Waals surface area contributed by atoms with Crippen LogP contribution < -0.4 is 5.32 Å². The first kappa shape index (κ1) is 22.7. The molecule has 0 aliphatic carbocycles. The van der Waals surface area contributed by atoms with E-state index in [0.29, 0.717) is 23.8 Å². The molecule has 2 saturated heterocycles. The van der Waals surface area contributed by atoms with Gasteiger partial charge in [-0.1, -0.05) is 35.8 Å². The van der Waals surface area contributed by atoms with Crippen molar-refractivity contribution in [3.05, 3.63) is 39.3 Å². The molecule has 0 spiro atoms. The number of amides is 3. The molecule has 170 valence electrons. The molecule has 1 aromatic heterocycles. The van der Waals surface area contributed by atoms with Gasteiger partial charge in [0.15, 0.2) is 0 Å². The number of rotatable bonds is 4. The maximum Gasteiger partial charge on any atom is 0.286 e. The van der Waals surface area contributed by atoms with Crippen LogP contribution in [-0.2, 0) is 4.79 Å². The van der Waals surface area contributed by atoms with E-state index in [1.807, 2.05) is 4.90 Å². The fourth-order valence-corrected chi connectivity index (χ4v) is 5.00. The molecule has 2 aliphatic rings. The molecule has 10 heteroatoms. The van der Waals surface area contributed by atoms with Gasteiger partial charge < -0.3 is 15.1 Å². The first-order valence-corrected chi connectivity index (χ1v) is 12.2. The number of carbonyl (C=O) groups is 3. The summed E-state index contributed by atoms with van der Waals surface area (Å²) in [5, 5.41) is 11.4. The lowest BCUT2D eigenvalue weighted by Crippen LogP contribution is -2.47. The summed E-state index contributed by atoms with van der Waals surface area (Å²) in [6.07, 6.45) is 6.01. The molecule has 2 fully saturated rings. The Labute approximate surface area is 195 Å². The summed E-state index contributed by atoms with van der Waals surface area (Å²) >= 11 is 6.82. The van der Waals surface area contributed by atoms with Gasteiger partial charge in [0.05, 0.1) is 5.92 Å². The molecule has 0 bridgehead atoms. The maximum absolute atomic E-state index is 13.0. The van der Waals surface area contributed by atoms with Crippen LogP contribution in [0.4, 0.5) is 5.69 Å². The van der Waals surface area contributed by atoms with Gasteiger partial charge in [0.25, 0.3) is 11.8 Å². The number of benzene rings is 1. The van der Waals surface area contributed by atoms with Gasteiger partial charge in [-0.05, 0) is 49.9 Å². The standard InChI is InChI=1S/C22H26ClN5O3S/c23-16-7-9-17(10-8-16)24-18(29)19-25-26-20(32-19)22(31)28-13-5-6-15(14-28)21(30)27-11-3-1-2-4-12-27/h7-10,15H,1-6,11-14H2,(H,24,29)/t15-/m0/s1. The van der Waals surface area contributed by atoms with Crippen molar-refractivity contribution in [2.45, 2.75) is 38.5 Å². The van der Waals surface area contributed by atoms with Crippen molar-refractivity contribution in [2.24, 2.45) is 5.92 Å². The number of nitrogens with one attached hydrogen (secondary N) is 1. The zero-order valence-electron chi connectivity index (χ0n) is 17.8. The highest BCUT2D eigenvalue weighted by molar-refractivity contribution is 7.15. The maximum atomic E-state index is 13.0. The lowest BCUT2D eigenvalue weighted by molar-refractivity contribution is -0.136. The first-order valence-electron chi connectivity index (χ1n) is 11.0. The third kappa shape index (κ3) is 5.45. The number of halogens is 1. The van der Waals surface area contributed by atoms with E-state index in [1.165, 1.54) is 12.8 Å². The molecule has 4 rings (SSSR count). The van der Waals surface area contributed by atoms with Gasteiger partial charge in [-0.2, -0.15) is 0 Å². The molecule has 0 saturated carbocycles. The zero-order valence-corrected chi connectivity index (χ0v) is 19.3. The van der Waals surface area contributed by atoms with E-state index in [4.69, 9.17) is 11.6 Å². The molecular weight excluding hydrogens is 450 g/mol. The summed E-state index contributed by atoms with van der Waals surface area (Å²) in [5.74, 6) is -0.728. The highest BCUT2D eigenvalue weighted by Gasteiger charge is 2.33. The predicted octanol–water partition coefficient (Wildman–Crippen LogP) is 3.70. The molecular formula is C22H26ClN5O3S. The summed E-state index contributed by atoms with van der Waals surface area (Å²) in [6, 6.07) is 6.71. The summed E-state index contributed by atoms with van der Waals surface area (Å²) in [4.78, 5) is 42.1. The Morgan fingerprint density at radius 2 is 1.56 bits per heavy atom. The van der Waals surface area contributed by atoms with Crippen molar-refractivity contribution >= 4 is 46.3 Å². The Morgan fingerprint density at radius 1 is 0.906 bits per heavy atom. The predicted molar refractivity (Wildman–Crippen MR) is 123 cm³/mol. The molecule has 1 aromatic carbocycles. The fraction of sp³-hybridized carbons (Fsp3) is 0.500. The highest BCUT2D eigenvalue weighted by atomic mass is 35.5. The quantitative estimate of drug-likeness (QED) is 0.727. The van der Waals surface area contributed by atoms with E-state index in [9.17, 15) is 14.4 Å². The van der Waals surface area contributed by atoms with Crippen LogP contribution in [-0.4, -0.2) is 63.9 Å². The smallest absolute Gasteiger partial charge is 0.286 e. The van der Waals surface area contributed by atoms with Gasteiger partial charge in [0.1, 0.15) is 0 Å². The van der Waals surface area contributed by atoms with E-state index in [1.54, 1.807) is 29.2 Å². The Hall–Kier alpha value is -2.52. The van der Waals surface area contributed by atoms with Crippen LogP contribution in [0, 0.1) is 5.92 Å². The topological polar surface area (TPSA) is 95.5 Å². The molecule has 32 heavy (non-hydrogen) atoms. The van der Waals surface area contributed by atoms with Crippen molar-refractivity contribution in [2.75, 3.05) is 31.5 Å². The lowest BCUT2D eigenvalue weighted by Gasteiger charge is -2.34. The number of anilines is 1. The molecule has 0 radical (unpaired) electrons. The third-order valence-corrected chi connectivity index (χ3v) is 7.04. The van der Waals surface area contributed by atoms with Gasteiger partial charge in [-0.15, -0.1) is 10.2 Å². The second-order valence-electron chi connectivity index (χ2n) is 8.20. The molecule has 8 nitrogen and oxygen atoms in total. The minimum absolute atomic E-state index is 0.109. The van der Waals surface area contributed by atoms with Crippen molar-refractivity contribution in [3.63, 3.8) is 0 Å². The van der Waals surface area contributed by atoms with E-state index in [2.05, 4.69) is 15.5 Å². The minimum Gasteiger partial charge on any atom is -0.342 e. The lowest BCUT2D eigenvalue weighted by atomic mass is 9.96. The Balaban J connectivity index is 1.37. The average Bonchev–Trinajstić information content (AvgIpc) is 3.15. The summed E-state index contributed by atoms with van der Waals surface area (Å²) in [6.45, 7) is 2.59. The second-order valence-corrected chi connectivity index (χ2v) is 9.62. The first-order chi connectivity index (χ1) is 15.5. The second kappa shape index (κ2) is 10.4. The van der Waals surface area contributed by atoms with E-state index < -0.39 is 5.91 Å². The molecule has 1 atom stereocenters. The van der Waals surface area contributed by atoms with Crippen LogP contribution in [0.3, 0.4) is 0 Å². The van der Waals surface area contributed by atoms with Gasteiger partial charge in [0.2, 0.25) is 15.9 Å². The van der Waals surface area contributed by atoms with E-state index in [-0.39, 0.29) is 27.7 Å². The van der Waals surface area contributed by atoms with Crippen molar-refractivity contribution in [1.29, 1.82) is 0 Å². The van der Waals surface area contributed by atoms with Crippen LogP contribution >= 0.6 is 22.9 Å². The number of aromatic nitrogens is 2. The number of hydrogen-bond donors (Lipinski definition) is 1. The SMILES string of the molecule is O=C(Nc1ccc(Cl)cc1)c1nnc(C(=O)N2CCC[C@H](C(=O)N3CCCCCC3)C2)s1. The van der Waals surface area contributed by atoms with E-state index in [0.717, 1.165) is 50.1 Å². The van der Waals surface area contributed by atoms with Gasteiger partial charge in [0, 0.05) is 36.9 Å². The van der Waals surface area contributed by atoms with Gasteiger partial charge in [-0.25, -0.2) is 0 Å². The van der Waals surface area contributed by atoms with Crippen LogP contribution in [0.25, 0.3) is 0 Å². The fourth-order valence-electron chi connectivity index (χ4n) is 4.17. The van der Waals surface area contributed by atoms with Crippen molar-refractivity contribution < 1.29 is 14.4 Å². The summed E-state index contributed by atoms with van der Waals surface area (Å²) in [5.41, 5.74) is 0.577. The normalized spacial score (nSPS) is 19.3. The van der Waals surface area contributed by atoms with E-state index >= 15 is 0 Å². The van der Waals surface area contributed by atoms with Crippen LogP contribution in [0.1, 0.15) is 58.1 Å². The molecule has 3 amide bonds. The number of likely N-dealkylation sites (tertiary alicyclic amines) is 2. The summed E-state index contributed by atoms with van der Waals surface area (Å²) in [7, 11) is 0. The Morgan fingerprint density at radius 3 is 2.28 bits per heavy atom. The third-order valence-electron chi connectivity index (χ3n) is 5.88. The monoisotopic (exact) mass is 475 g/mol. The number of carbonyl (C=O) groups excluding carboxylic acids is 3. The molecule has 2 aliphatic heterocycles. The van der Waals surface area contributed by atoms with Gasteiger partial charge >= 0.3 is 0 Å². The highest BCUT2D eigenvalue weighted by Crippen LogP contribution is 2.24. The average molecular weight is 476 g/mol. The van der Waals surface area contributed by atoms with Crippen LogP contribution in [0.15, 0.2) is 24.3 Å². The largest absolute Gasteiger partial charge is 0.342 e. The van der Waals surface area contributed by atoms with Crippen LogP contribution in [0.5, 0.6) is 0 Å². The Kier molecular flexibility index (Phi) is 7.36. The molecule has 2 aromatic rings. The molecule has 1 N–H and O–H groups in total. The van der Waals surface area contributed by atoms with Crippen molar-refractivity contribution in [1.82, 2.24) is 20.0 Å². The van der Waals surface area contributed by atoms with Crippen molar-refractivity contribution in [3.8, 4) is 0 Å². The minimum atomic E-state index is -0.434. The summed E-state index contributed by atoms with van der Waals surface area (Å²) < 4.78 is 0. The number of hydrogen-bond acceptors (Lipinski definition) is 6. The number of piperidine rings is 1. The van der Waals surface area contributed by atoms with Gasteiger partial charge in [-0.3, -0.25) is 14.4 Å². The Bertz CT molecular complexity index is 972. The van der Waals surface area contributed by atoms with Crippen LogP contribution in [0.2, 0.25) is 5.02 Å². The molecule has 3 heterocycles. The molecule has 0 unspecified atom stereocenters.